The summed E-state index contributed by atoms with van der Waals surface area (Å²) < 4.78 is 17.5. The number of hydrogen-bond donors (Lipinski definition) is 1. The zero-order valence-electron chi connectivity index (χ0n) is 25.6. The second-order valence-corrected chi connectivity index (χ2v) is 12.9. The Kier molecular flexibility index (Phi) is 11.0. The van der Waals surface area contributed by atoms with E-state index in [1.54, 1.807) is 34.6 Å². The highest BCUT2D eigenvalue weighted by molar-refractivity contribution is 6.02. The van der Waals surface area contributed by atoms with Gasteiger partial charge in [0.15, 0.2) is 5.60 Å². The molecule has 0 radical (unpaired) electrons. The standard InChI is InChI=1S/C33H49NO5/c1-11-24(5)26(15-13-12-14-25-16-17-25)19-23(4)21-33(30(36)38-32(9,10)39-33)27(18-22(2)3)28(34)20-29(35)37-31(6,7)8/h11,19,22,25,27,34H,4,12,14,16-18,20-21H2,1-3,5-10H3/b24-11-,26-19-,34-28?/t27-,33-/m1/s1. The summed E-state index contributed by atoms with van der Waals surface area (Å²) in [4.78, 5) is 26.3. The molecule has 0 amide bonds. The molecule has 1 saturated carbocycles. The summed E-state index contributed by atoms with van der Waals surface area (Å²) >= 11 is 0. The van der Waals surface area contributed by atoms with Crippen molar-refractivity contribution in [3.8, 4) is 11.8 Å². The second kappa shape index (κ2) is 13.1. The molecule has 39 heavy (non-hydrogen) atoms. The van der Waals surface area contributed by atoms with E-state index >= 15 is 0 Å². The van der Waals surface area contributed by atoms with E-state index in [-0.39, 0.29) is 24.5 Å². The van der Waals surface area contributed by atoms with Gasteiger partial charge in [-0.1, -0.05) is 56.8 Å². The predicted molar refractivity (Wildman–Crippen MR) is 156 cm³/mol. The normalized spacial score (nSPS) is 22.2. The molecule has 2 fully saturated rings. The van der Waals surface area contributed by atoms with Crippen molar-refractivity contribution in [3.63, 3.8) is 0 Å². The van der Waals surface area contributed by atoms with Gasteiger partial charge >= 0.3 is 11.9 Å². The van der Waals surface area contributed by atoms with Crippen LogP contribution in [0.3, 0.4) is 0 Å². The van der Waals surface area contributed by atoms with E-state index in [0.29, 0.717) is 12.0 Å². The smallest absolute Gasteiger partial charge is 0.342 e. The Hall–Kier alpha value is -2.65. The molecular formula is C33H49NO5. The lowest BCUT2D eigenvalue weighted by molar-refractivity contribution is -0.170. The summed E-state index contributed by atoms with van der Waals surface area (Å²) in [7, 11) is 0. The van der Waals surface area contributed by atoms with Gasteiger partial charge in [-0.05, 0) is 70.9 Å². The summed E-state index contributed by atoms with van der Waals surface area (Å²) in [6.07, 6.45) is 8.87. The third-order valence-corrected chi connectivity index (χ3v) is 6.85. The fourth-order valence-corrected chi connectivity index (χ4v) is 4.83. The van der Waals surface area contributed by atoms with Gasteiger partial charge in [0.1, 0.15) is 5.60 Å². The van der Waals surface area contributed by atoms with Gasteiger partial charge < -0.3 is 19.6 Å². The summed E-state index contributed by atoms with van der Waals surface area (Å²) in [6.45, 7) is 21.0. The van der Waals surface area contributed by atoms with Crippen molar-refractivity contribution in [1.29, 1.82) is 5.41 Å². The van der Waals surface area contributed by atoms with Crippen molar-refractivity contribution in [3.05, 3.63) is 35.5 Å². The first-order valence-corrected chi connectivity index (χ1v) is 14.2. The average Bonchev–Trinajstić information content (AvgIpc) is 3.56. The van der Waals surface area contributed by atoms with Gasteiger partial charge in [0.2, 0.25) is 5.79 Å². The highest BCUT2D eigenvalue weighted by atomic mass is 16.8. The molecule has 2 aliphatic rings. The largest absolute Gasteiger partial charge is 0.460 e. The molecule has 0 bridgehead atoms. The molecule has 6 heteroatoms. The van der Waals surface area contributed by atoms with Crippen LogP contribution in [0.1, 0.15) is 107 Å². The van der Waals surface area contributed by atoms with E-state index in [0.717, 1.165) is 29.9 Å². The molecule has 2 atom stereocenters. The number of hydrogen-bond acceptors (Lipinski definition) is 6. The van der Waals surface area contributed by atoms with E-state index < -0.39 is 34.8 Å². The number of esters is 2. The van der Waals surface area contributed by atoms with Gasteiger partial charge in [-0.3, -0.25) is 4.79 Å². The molecule has 1 aliphatic heterocycles. The Bertz CT molecular complexity index is 1070. The summed E-state index contributed by atoms with van der Waals surface area (Å²) in [5, 5.41) is 8.96. The maximum absolute atomic E-state index is 13.6. The van der Waals surface area contributed by atoms with E-state index in [1.165, 1.54) is 12.8 Å². The minimum absolute atomic E-state index is 0.0918. The van der Waals surface area contributed by atoms with Crippen LogP contribution in [0.25, 0.3) is 0 Å². The zero-order valence-corrected chi connectivity index (χ0v) is 25.6. The van der Waals surface area contributed by atoms with E-state index in [9.17, 15) is 9.59 Å². The minimum Gasteiger partial charge on any atom is -0.460 e. The van der Waals surface area contributed by atoms with Crippen LogP contribution in [0.5, 0.6) is 0 Å². The van der Waals surface area contributed by atoms with Crippen LogP contribution in [0.2, 0.25) is 0 Å². The molecule has 0 aromatic carbocycles. The van der Waals surface area contributed by atoms with Gasteiger partial charge in [0.25, 0.3) is 0 Å². The van der Waals surface area contributed by atoms with Crippen molar-refractivity contribution in [2.45, 2.75) is 124 Å². The van der Waals surface area contributed by atoms with Gasteiger partial charge in [-0.2, -0.15) is 0 Å². The molecule has 1 aliphatic carbocycles. The number of carbonyl (C=O) groups excluding carboxylic acids is 2. The highest BCUT2D eigenvalue weighted by Crippen LogP contribution is 2.45. The van der Waals surface area contributed by atoms with Gasteiger partial charge in [-0.25, -0.2) is 4.79 Å². The van der Waals surface area contributed by atoms with Crippen LogP contribution < -0.4 is 0 Å². The first kappa shape index (κ1) is 32.6. The Morgan fingerprint density at radius 2 is 1.92 bits per heavy atom. The third-order valence-electron chi connectivity index (χ3n) is 6.85. The quantitative estimate of drug-likeness (QED) is 0.120. The fraction of sp³-hybridized carbons (Fsp3) is 0.667. The maximum atomic E-state index is 13.6. The Morgan fingerprint density at radius 3 is 2.41 bits per heavy atom. The molecule has 0 unspecified atom stereocenters. The minimum atomic E-state index is -1.49. The topological polar surface area (TPSA) is 85.7 Å². The number of nitrogens with one attached hydrogen (secondary N) is 1. The molecule has 6 nitrogen and oxygen atoms in total. The SMILES string of the molecule is C=C(/C=C(C#CCCC1CC1)\C(C)=C/C)C[C@]1([C@H](CC(C)C)C(=N)CC(=O)OC(C)(C)C)OC(C)(C)OC1=O. The Balaban J connectivity index is 2.43. The van der Waals surface area contributed by atoms with Crippen molar-refractivity contribution < 1.29 is 23.8 Å². The van der Waals surface area contributed by atoms with Gasteiger partial charge in [0, 0.05) is 43.9 Å². The van der Waals surface area contributed by atoms with Crippen LogP contribution >= 0.6 is 0 Å². The van der Waals surface area contributed by atoms with E-state index in [4.69, 9.17) is 19.6 Å². The summed E-state index contributed by atoms with van der Waals surface area (Å²) in [5.74, 6) is 4.65. The molecule has 0 aromatic heterocycles. The Morgan fingerprint density at radius 1 is 1.28 bits per heavy atom. The molecular weight excluding hydrogens is 490 g/mol. The maximum Gasteiger partial charge on any atom is 0.342 e. The van der Waals surface area contributed by atoms with Crippen LogP contribution in [0, 0.1) is 35.0 Å². The number of ether oxygens (including phenoxy) is 3. The van der Waals surface area contributed by atoms with Gasteiger partial charge in [-0.15, -0.1) is 0 Å². The van der Waals surface area contributed by atoms with E-state index in [1.807, 2.05) is 39.8 Å². The molecule has 0 spiro atoms. The predicted octanol–water partition coefficient (Wildman–Crippen LogP) is 7.48. The summed E-state index contributed by atoms with van der Waals surface area (Å²) in [6, 6.07) is 0. The third kappa shape index (κ3) is 10.1. The first-order valence-electron chi connectivity index (χ1n) is 14.2. The van der Waals surface area contributed by atoms with Crippen molar-refractivity contribution in [1.82, 2.24) is 0 Å². The zero-order chi connectivity index (χ0) is 29.6. The van der Waals surface area contributed by atoms with Crippen molar-refractivity contribution in [2.24, 2.45) is 17.8 Å². The number of carbonyl (C=O) groups is 2. The molecule has 1 N–H and O–H groups in total. The first-order chi connectivity index (χ1) is 18.0. The monoisotopic (exact) mass is 539 g/mol. The lowest BCUT2D eigenvalue weighted by Gasteiger charge is -2.36. The van der Waals surface area contributed by atoms with Crippen LogP contribution in [-0.4, -0.2) is 34.6 Å². The molecule has 1 heterocycles. The molecule has 1 saturated heterocycles. The molecule has 216 valence electrons. The van der Waals surface area contributed by atoms with Crippen LogP contribution in [-0.2, 0) is 23.8 Å². The summed E-state index contributed by atoms with van der Waals surface area (Å²) in [5.41, 5.74) is 0.450. The van der Waals surface area contributed by atoms with Crippen LogP contribution in [0.15, 0.2) is 35.5 Å². The number of allylic oxidation sites excluding steroid dienone is 4. The van der Waals surface area contributed by atoms with Gasteiger partial charge in [0.05, 0.1) is 6.42 Å². The number of rotatable bonds is 12. The number of cyclic esters (lactones) is 1. The lowest BCUT2D eigenvalue weighted by atomic mass is 9.74. The Labute approximate surface area is 236 Å². The highest BCUT2D eigenvalue weighted by Gasteiger charge is 2.59. The average molecular weight is 540 g/mol. The lowest BCUT2D eigenvalue weighted by Crippen LogP contribution is -2.49. The van der Waals surface area contributed by atoms with E-state index in [2.05, 4.69) is 18.4 Å². The molecule has 0 aromatic rings. The molecule has 2 rings (SSSR count). The van der Waals surface area contributed by atoms with Crippen molar-refractivity contribution in [2.75, 3.05) is 0 Å². The van der Waals surface area contributed by atoms with Crippen molar-refractivity contribution >= 4 is 17.7 Å². The van der Waals surface area contributed by atoms with Crippen LogP contribution in [0.4, 0.5) is 0 Å². The fourth-order valence-electron chi connectivity index (χ4n) is 4.83. The second-order valence-electron chi connectivity index (χ2n) is 12.9.